The van der Waals surface area contributed by atoms with Crippen molar-refractivity contribution in [2.75, 3.05) is 0 Å². The average molecular weight is 527 g/mol. The number of carbonyl (C=O) groups excluding carboxylic acids is 1. The Morgan fingerprint density at radius 3 is 1.53 bits per heavy atom. The standard InChI is InChI=1S/C27H37Cl2O4P/c1-16-12-18(19-13-17(2)15-21(26(6,7)8)23(19)33-34(28)29)22(20(14-16)25(3,4)5)31-24(30)32-27(9,10)11/h12-15H,1-11H3. The topological polar surface area (TPSA) is 44.8 Å². The van der Waals surface area contributed by atoms with E-state index >= 15 is 0 Å². The van der Waals surface area contributed by atoms with Crippen molar-refractivity contribution in [2.24, 2.45) is 0 Å². The van der Waals surface area contributed by atoms with Crippen LogP contribution in [0.5, 0.6) is 11.5 Å². The molecule has 0 aliphatic rings. The van der Waals surface area contributed by atoms with Gasteiger partial charge in [-0.25, -0.2) is 4.79 Å². The van der Waals surface area contributed by atoms with Crippen molar-refractivity contribution in [3.63, 3.8) is 0 Å². The molecular weight excluding hydrogens is 490 g/mol. The molecule has 188 valence electrons. The Bertz CT molecular complexity index is 1060. The highest BCUT2D eigenvalue weighted by atomic mass is 35.9. The molecule has 2 rings (SSSR count). The van der Waals surface area contributed by atoms with Gasteiger partial charge >= 0.3 is 6.16 Å². The number of hydrogen-bond acceptors (Lipinski definition) is 4. The molecule has 0 aromatic heterocycles. The quantitative estimate of drug-likeness (QED) is 0.225. The van der Waals surface area contributed by atoms with Crippen molar-refractivity contribution in [1.82, 2.24) is 0 Å². The third-order valence-electron chi connectivity index (χ3n) is 5.11. The number of rotatable bonds is 4. The molecule has 0 radical (unpaired) electrons. The molecule has 0 saturated heterocycles. The molecule has 0 fully saturated rings. The molecular formula is C27H37Cl2O4P. The highest BCUT2D eigenvalue weighted by Gasteiger charge is 2.30. The van der Waals surface area contributed by atoms with Gasteiger partial charge in [-0.1, -0.05) is 53.7 Å². The minimum absolute atomic E-state index is 0.238. The normalized spacial score (nSPS) is 12.6. The van der Waals surface area contributed by atoms with Gasteiger partial charge in [0.1, 0.15) is 17.1 Å². The summed E-state index contributed by atoms with van der Waals surface area (Å²) in [5.74, 6) is 1.03. The Kier molecular flexibility index (Phi) is 8.67. The van der Waals surface area contributed by atoms with Crippen LogP contribution in [0.25, 0.3) is 11.1 Å². The van der Waals surface area contributed by atoms with Gasteiger partial charge in [-0.15, -0.1) is 0 Å². The molecule has 0 aliphatic carbocycles. The van der Waals surface area contributed by atoms with Gasteiger partial charge in [0.05, 0.1) is 0 Å². The van der Waals surface area contributed by atoms with Crippen LogP contribution in [0.4, 0.5) is 4.79 Å². The summed E-state index contributed by atoms with van der Waals surface area (Å²) in [4.78, 5) is 12.8. The minimum atomic E-state index is -1.73. The van der Waals surface area contributed by atoms with Crippen LogP contribution in [0.3, 0.4) is 0 Å². The fourth-order valence-corrected chi connectivity index (χ4v) is 4.44. The monoisotopic (exact) mass is 526 g/mol. The molecule has 0 bridgehead atoms. The lowest BCUT2D eigenvalue weighted by Crippen LogP contribution is -2.27. The van der Waals surface area contributed by atoms with Crippen LogP contribution in [-0.2, 0) is 15.6 Å². The van der Waals surface area contributed by atoms with Crippen LogP contribution >= 0.6 is 29.3 Å². The SMILES string of the molecule is Cc1cc(-c2cc(C)cc(C(C)(C)C)c2OP(Cl)Cl)c(OC(=O)OC(C)(C)C)c(C(C)(C)C)c1. The van der Waals surface area contributed by atoms with Gasteiger partial charge in [0, 0.05) is 22.3 Å². The van der Waals surface area contributed by atoms with E-state index in [-0.39, 0.29) is 10.8 Å². The summed E-state index contributed by atoms with van der Waals surface area (Å²) >= 11 is 12.3. The van der Waals surface area contributed by atoms with E-state index in [0.717, 1.165) is 33.4 Å². The molecule has 2 aromatic rings. The van der Waals surface area contributed by atoms with E-state index in [2.05, 4.69) is 47.6 Å². The average Bonchev–Trinajstić information content (AvgIpc) is 2.60. The summed E-state index contributed by atoms with van der Waals surface area (Å²) in [5.41, 5.74) is 4.20. The van der Waals surface area contributed by atoms with E-state index in [1.54, 1.807) is 20.8 Å². The highest BCUT2D eigenvalue weighted by molar-refractivity contribution is 8.00. The van der Waals surface area contributed by atoms with Gasteiger partial charge in [-0.3, -0.25) is 0 Å². The zero-order valence-corrected chi connectivity index (χ0v) is 24.6. The summed E-state index contributed by atoms with van der Waals surface area (Å²) in [5, 5.41) is 0. The predicted octanol–water partition coefficient (Wildman–Crippen LogP) is 9.96. The Morgan fingerprint density at radius 1 is 0.735 bits per heavy atom. The molecule has 7 heteroatoms. The van der Waals surface area contributed by atoms with Crippen LogP contribution in [-0.4, -0.2) is 11.8 Å². The first-order chi connectivity index (χ1) is 15.3. The molecule has 4 nitrogen and oxygen atoms in total. The van der Waals surface area contributed by atoms with E-state index in [4.69, 9.17) is 36.5 Å². The summed E-state index contributed by atoms with van der Waals surface area (Å²) in [6.45, 7) is 20.3. The minimum Gasteiger partial charge on any atom is -0.444 e. The third kappa shape index (κ3) is 7.51. The molecule has 0 N–H and O–H groups in total. The number of benzene rings is 2. The van der Waals surface area contributed by atoms with Gasteiger partial charge in [0.25, 0.3) is 6.85 Å². The van der Waals surface area contributed by atoms with Crippen molar-refractivity contribution in [3.05, 3.63) is 46.5 Å². The van der Waals surface area contributed by atoms with E-state index in [0.29, 0.717) is 11.5 Å². The smallest absolute Gasteiger partial charge is 0.444 e. The lowest BCUT2D eigenvalue weighted by molar-refractivity contribution is 0.0204. The lowest BCUT2D eigenvalue weighted by atomic mass is 9.80. The molecule has 34 heavy (non-hydrogen) atoms. The Hall–Kier alpha value is -1.48. The number of aryl methyl sites for hydroxylation is 2. The zero-order chi connectivity index (χ0) is 26.2. The number of hydrogen-bond donors (Lipinski definition) is 0. The van der Waals surface area contributed by atoms with Gasteiger partial charge < -0.3 is 14.0 Å². The molecule has 0 atom stereocenters. The first-order valence-electron chi connectivity index (χ1n) is 11.3. The van der Waals surface area contributed by atoms with E-state index in [9.17, 15) is 4.79 Å². The molecule has 2 aromatic carbocycles. The van der Waals surface area contributed by atoms with Crippen LogP contribution in [0.1, 0.15) is 84.6 Å². The van der Waals surface area contributed by atoms with Gasteiger partial charge in [-0.2, -0.15) is 0 Å². The van der Waals surface area contributed by atoms with Crippen LogP contribution in [0.2, 0.25) is 0 Å². The number of carbonyl (C=O) groups is 1. The fourth-order valence-electron chi connectivity index (χ4n) is 3.69. The van der Waals surface area contributed by atoms with Crippen molar-refractivity contribution >= 4 is 35.5 Å². The maximum absolute atomic E-state index is 12.8. The molecule has 0 amide bonds. The number of ether oxygens (including phenoxy) is 2. The zero-order valence-electron chi connectivity index (χ0n) is 22.1. The fraction of sp³-hybridized carbons (Fsp3) is 0.519. The first-order valence-corrected chi connectivity index (χ1v) is 14.4. The second kappa shape index (κ2) is 10.2. The summed E-state index contributed by atoms with van der Waals surface area (Å²) in [6, 6.07) is 8.13. The van der Waals surface area contributed by atoms with Gasteiger partial charge in [0.2, 0.25) is 0 Å². The number of halogens is 2. The maximum Gasteiger partial charge on any atom is 0.514 e. The van der Waals surface area contributed by atoms with Crippen molar-refractivity contribution < 1.29 is 18.8 Å². The van der Waals surface area contributed by atoms with Crippen LogP contribution < -0.4 is 9.26 Å². The Morgan fingerprint density at radius 2 is 1.15 bits per heavy atom. The van der Waals surface area contributed by atoms with Crippen molar-refractivity contribution in [2.45, 2.75) is 92.6 Å². The summed E-state index contributed by atoms with van der Waals surface area (Å²) in [7, 11) is 0. The Labute approximate surface area is 215 Å². The second-order valence-electron chi connectivity index (χ2n) is 11.7. The first kappa shape index (κ1) is 28.8. The summed E-state index contributed by atoms with van der Waals surface area (Å²) in [6.07, 6.45) is -0.758. The predicted molar refractivity (Wildman–Crippen MR) is 145 cm³/mol. The second-order valence-corrected chi connectivity index (χ2v) is 14.7. The largest absolute Gasteiger partial charge is 0.514 e. The van der Waals surface area contributed by atoms with Crippen LogP contribution in [0, 0.1) is 13.8 Å². The molecule has 0 saturated carbocycles. The van der Waals surface area contributed by atoms with Gasteiger partial charge in [0.15, 0.2) is 0 Å². The van der Waals surface area contributed by atoms with E-state index < -0.39 is 18.6 Å². The summed E-state index contributed by atoms with van der Waals surface area (Å²) < 4.78 is 17.5. The highest BCUT2D eigenvalue weighted by Crippen LogP contribution is 2.54. The third-order valence-corrected chi connectivity index (χ3v) is 5.84. The van der Waals surface area contributed by atoms with Crippen molar-refractivity contribution in [1.29, 1.82) is 0 Å². The van der Waals surface area contributed by atoms with Gasteiger partial charge in [-0.05, 0) is 91.2 Å². The molecule has 0 unspecified atom stereocenters. The molecule has 0 aliphatic heterocycles. The maximum atomic E-state index is 12.8. The molecule has 0 spiro atoms. The van der Waals surface area contributed by atoms with Crippen molar-refractivity contribution in [3.8, 4) is 22.6 Å². The van der Waals surface area contributed by atoms with Crippen LogP contribution in [0.15, 0.2) is 24.3 Å². The molecule has 0 heterocycles. The lowest BCUT2D eigenvalue weighted by Gasteiger charge is -2.29. The Balaban J connectivity index is 2.94. The van der Waals surface area contributed by atoms with E-state index in [1.165, 1.54) is 0 Å². The van der Waals surface area contributed by atoms with E-state index in [1.807, 2.05) is 32.0 Å².